The second-order valence-electron chi connectivity index (χ2n) is 5.56. The van der Waals surface area contributed by atoms with Crippen molar-refractivity contribution < 1.29 is 0 Å². The minimum absolute atomic E-state index is 0.311. The van der Waals surface area contributed by atoms with E-state index in [1.165, 1.54) is 43.1 Å². The van der Waals surface area contributed by atoms with Crippen LogP contribution in [0, 0.1) is 34.6 Å². The van der Waals surface area contributed by atoms with E-state index in [2.05, 4.69) is 69.6 Å². The lowest BCUT2D eigenvalue weighted by molar-refractivity contribution is 1.07. The maximum Gasteiger partial charge on any atom is 0.0743 e. The Labute approximate surface area is 135 Å². The molecule has 2 heteroatoms. The summed E-state index contributed by atoms with van der Waals surface area (Å²) in [5.74, 6) is 0. The van der Waals surface area contributed by atoms with E-state index < -0.39 is 0 Å². The van der Waals surface area contributed by atoms with E-state index in [4.69, 9.17) is 0 Å². The molecule has 0 saturated carbocycles. The zero-order chi connectivity index (χ0) is 15.0. The Balaban J connectivity index is 2.57. The molecule has 0 amide bonds. The minimum atomic E-state index is 0.311. The van der Waals surface area contributed by atoms with Crippen molar-refractivity contribution in [3.05, 3.63) is 55.3 Å². The molecule has 1 unspecified atom stereocenters. The largest absolute Gasteiger partial charge is 0.144 e. The summed E-state index contributed by atoms with van der Waals surface area (Å²) in [5, 5.41) is 0. The first-order valence-electron chi connectivity index (χ1n) is 7.18. The third kappa shape index (κ3) is 2.60. The Kier molecular flexibility index (Phi) is 4.76. The third-order valence-electron chi connectivity index (χ3n) is 4.59. The summed E-state index contributed by atoms with van der Waals surface area (Å²) in [6, 6.07) is 4.53. The van der Waals surface area contributed by atoms with E-state index in [0.29, 0.717) is 4.83 Å². The standard InChI is InChI=1S/C18H23BrS/c1-7-15-8-9-16(20-15)18(19)17-13(5)11(3)10(2)12(4)14(17)6/h8-9,18H,7H2,1-6H3. The molecule has 2 aromatic rings. The molecule has 0 aliphatic rings. The predicted octanol–water partition coefficient (Wildman–Crippen LogP) is 6.34. The first kappa shape index (κ1) is 15.8. The SMILES string of the molecule is CCc1ccc(C(Br)c2c(C)c(C)c(C)c(C)c2C)s1. The number of thiophene rings is 1. The Hall–Kier alpha value is -0.600. The molecule has 1 atom stereocenters. The first-order valence-corrected chi connectivity index (χ1v) is 8.91. The van der Waals surface area contributed by atoms with E-state index in [0.717, 1.165) is 6.42 Å². The average molecular weight is 351 g/mol. The molecule has 0 N–H and O–H groups in total. The highest BCUT2D eigenvalue weighted by atomic mass is 79.9. The Bertz CT molecular complexity index is 608. The van der Waals surface area contributed by atoms with Gasteiger partial charge in [-0.15, -0.1) is 11.3 Å². The van der Waals surface area contributed by atoms with Crippen LogP contribution < -0.4 is 0 Å². The van der Waals surface area contributed by atoms with Gasteiger partial charge >= 0.3 is 0 Å². The van der Waals surface area contributed by atoms with E-state index in [1.54, 1.807) is 0 Å². The van der Waals surface area contributed by atoms with Crippen molar-refractivity contribution in [1.82, 2.24) is 0 Å². The van der Waals surface area contributed by atoms with Crippen LogP contribution in [0.3, 0.4) is 0 Å². The molecule has 20 heavy (non-hydrogen) atoms. The van der Waals surface area contributed by atoms with Crippen molar-refractivity contribution in [2.45, 2.75) is 52.8 Å². The Morgan fingerprint density at radius 3 is 1.85 bits per heavy atom. The van der Waals surface area contributed by atoms with Gasteiger partial charge in [0.2, 0.25) is 0 Å². The van der Waals surface area contributed by atoms with Crippen LogP contribution >= 0.6 is 27.3 Å². The molecule has 0 nitrogen and oxygen atoms in total. The molecule has 0 aliphatic carbocycles. The van der Waals surface area contributed by atoms with Crippen molar-refractivity contribution in [3.8, 4) is 0 Å². The maximum absolute atomic E-state index is 3.94. The smallest absolute Gasteiger partial charge is 0.0743 e. The van der Waals surface area contributed by atoms with E-state index in [1.807, 2.05) is 11.3 Å². The van der Waals surface area contributed by atoms with Gasteiger partial charge in [0, 0.05) is 9.75 Å². The van der Waals surface area contributed by atoms with Crippen LogP contribution in [0.4, 0.5) is 0 Å². The number of benzene rings is 1. The molecule has 1 aromatic heterocycles. The molecular weight excluding hydrogens is 328 g/mol. The second kappa shape index (κ2) is 6.03. The van der Waals surface area contributed by atoms with Gasteiger partial charge < -0.3 is 0 Å². The summed E-state index contributed by atoms with van der Waals surface area (Å²) in [6.07, 6.45) is 1.12. The summed E-state index contributed by atoms with van der Waals surface area (Å²) in [6.45, 7) is 13.4. The zero-order valence-corrected chi connectivity index (χ0v) is 15.6. The number of hydrogen-bond donors (Lipinski definition) is 0. The van der Waals surface area contributed by atoms with Gasteiger partial charge in [0.1, 0.15) is 0 Å². The molecular formula is C18H23BrS. The molecule has 0 spiro atoms. The highest BCUT2D eigenvalue weighted by molar-refractivity contribution is 9.09. The van der Waals surface area contributed by atoms with Gasteiger partial charge in [-0.25, -0.2) is 0 Å². The fraction of sp³-hybridized carbons (Fsp3) is 0.444. The third-order valence-corrected chi connectivity index (χ3v) is 7.14. The van der Waals surface area contributed by atoms with Crippen molar-refractivity contribution in [2.75, 3.05) is 0 Å². The van der Waals surface area contributed by atoms with Crippen LogP contribution in [0.5, 0.6) is 0 Å². The second-order valence-corrected chi connectivity index (χ2v) is 7.67. The molecule has 0 fully saturated rings. The Morgan fingerprint density at radius 1 is 0.900 bits per heavy atom. The lowest BCUT2D eigenvalue weighted by Gasteiger charge is -2.21. The normalized spacial score (nSPS) is 12.8. The van der Waals surface area contributed by atoms with Crippen LogP contribution in [0.25, 0.3) is 0 Å². The number of halogens is 1. The van der Waals surface area contributed by atoms with Gasteiger partial charge in [0.25, 0.3) is 0 Å². The summed E-state index contributed by atoms with van der Waals surface area (Å²) < 4.78 is 0. The van der Waals surface area contributed by atoms with Crippen molar-refractivity contribution >= 4 is 27.3 Å². The van der Waals surface area contributed by atoms with Crippen molar-refractivity contribution in [2.24, 2.45) is 0 Å². The fourth-order valence-corrected chi connectivity index (χ4v) is 4.83. The van der Waals surface area contributed by atoms with Gasteiger partial charge in [0.05, 0.1) is 4.83 Å². The van der Waals surface area contributed by atoms with Gasteiger partial charge in [-0.1, -0.05) is 22.9 Å². The number of alkyl halides is 1. The van der Waals surface area contributed by atoms with Crippen LogP contribution in [0.1, 0.15) is 54.9 Å². The molecule has 1 aromatic carbocycles. The van der Waals surface area contributed by atoms with E-state index in [-0.39, 0.29) is 0 Å². The average Bonchev–Trinajstić information content (AvgIpc) is 2.92. The maximum atomic E-state index is 3.94. The molecule has 108 valence electrons. The molecule has 2 rings (SSSR count). The molecule has 1 heterocycles. The first-order chi connectivity index (χ1) is 9.38. The topological polar surface area (TPSA) is 0 Å². The monoisotopic (exact) mass is 350 g/mol. The van der Waals surface area contributed by atoms with Gasteiger partial charge in [-0.2, -0.15) is 0 Å². The van der Waals surface area contributed by atoms with Crippen LogP contribution in [0.2, 0.25) is 0 Å². The lowest BCUT2D eigenvalue weighted by Crippen LogP contribution is -2.04. The number of rotatable bonds is 3. The van der Waals surface area contributed by atoms with Gasteiger partial charge in [-0.05, 0) is 86.6 Å². The molecule has 0 saturated heterocycles. The van der Waals surface area contributed by atoms with Crippen LogP contribution in [-0.4, -0.2) is 0 Å². The van der Waals surface area contributed by atoms with Gasteiger partial charge in [0.15, 0.2) is 0 Å². The summed E-state index contributed by atoms with van der Waals surface area (Å²) >= 11 is 5.86. The molecule has 0 aliphatic heterocycles. The number of hydrogen-bond acceptors (Lipinski definition) is 1. The quantitative estimate of drug-likeness (QED) is 0.566. The van der Waals surface area contributed by atoms with Crippen molar-refractivity contribution in [3.63, 3.8) is 0 Å². The minimum Gasteiger partial charge on any atom is -0.144 e. The summed E-state index contributed by atoms with van der Waals surface area (Å²) in [5.41, 5.74) is 8.61. The lowest BCUT2D eigenvalue weighted by atomic mass is 9.88. The van der Waals surface area contributed by atoms with E-state index >= 15 is 0 Å². The highest BCUT2D eigenvalue weighted by Gasteiger charge is 2.20. The molecule has 0 bridgehead atoms. The van der Waals surface area contributed by atoms with Crippen molar-refractivity contribution in [1.29, 1.82) is 0 Å². The fourth-order valence-electron chi connectivity index (χ4n) is 2.77. The highest BCUT2D eigenvalue weighted by Crippen LogP contribution is 2.41. The zero-order valence-electron chi connectivity index (χ0n) is 13.2. The van der Waals surface area contributed by atoms with Gasteiger partial charge in [-0.3, -0.25) is 0 Å². The van der Waals surface area contributed by atoms with Crippen LogP contribution in [0.15, 0.2) is 12.1 Å². The van der Waals surface area contributed by atoms with Crippen LogP contribution in [-0.2, 0) is 6.42 Å². The molecule has 0 radical (unpaired) electrons. The predicted molar refractivity (Wildman–Crippen MR) is 94.6 cm³/mol. The summed E-state index contributed by atoms with van der Waals surface area (Å²) in [4.78, 5) is 3.18. The summed E-state index contributed by atoms with van der Waals surface area (Å²) in [7, 11) is 0. The Morgan fingerprint density at radius 2 is 1.40 bits per heavy atom. The van der Waals surface area contributed by atoms with E-state index in [9.17, 15) is 0 Å². The number of aryl methyl sites for hydroxylation is 1.